The average Bonchev–Trinajstić information content (AvgIpc) is 2.41. The zero-order chi connectivity index (χ0) is 13.8. The quantitative estimate of drug-likeness (QED) is 0.598. The standard InChI is InChI=1S/C15H14Br2ClN/c1-19(10-11-5-7-12(17)8-6-11)15-4-2-3-14(18)13(15)9-16/h2-8H,9-10H2,1H3. The molecule has 0 amide bonds. The molecule has 0 aliphatic rings. The molecule has 2 aromatic rings. The van der Waals surface area contributed by atoms with Gasteiger partial charge in [-0.3, -0.25) is 0 Å². The summed E-state index contributed by atoms with van der Waals surface area (Å²) in [5.74, 6) is 0. The van der Waals surface area contributed by atoms with Crippen LogP contribution in [0.5, 0.6) is 0 Å². The monoisotopic (exact) mass is 401 g/mol. The molecular formula is C15H14Br2ClN. The van der Waals surface area contributed by atoms with Crippen molar-refractivity contribution >= 4 is 49.1 Å². The molecule has 19 heavy (non-hydrogen) atoms. The van der Waals surface area contributed by atoms with E-state index in [4.69, 9.17) is 11.6 Å². The van der Waals surface area contributed by atoms with Gasteiger partial charge in [0, 0.05) is 39.7 Å². The molecule has 2 aromatic carbocycles. The third-order valence-corrected chi connectivity index (χ3v) is 4.42. The second-order valence-electron chi connectivity index (χ2n) is 4.35. The Morgan fingerprint density at radius 2 is 1.79 bits per heavy atom. The van der Waals surface area contributed by atoms with Crippen molar-refractivity contribution in [1.82, 2.24) is 0 Å². The first-order chi connectivity index (χ1) is 9.11. The Labute approximate surface area is 135 Å². The van der Waals surface area contributed by atoms with Crippen molar-refractivity contribution in [2.75, 3.05) is 11.9 Å². The Morgan fingerprint density at radius 3 is 2.42 bits per heavy atom. The summed E-state index contributed by atoms with van der Waals surface area (Å²) in [7, 11) is 2.08. The van der Waals surface area contributed by atoms with Gasteiger partial charge in [0.2, 0.25) is 0 Å². The smallest absolute Gasteiger partial charge is 0.0467 e. The van der Waals surface area contributed by atoms with E-state index in [0.717, 1.165) is 32.6 Å². The van der Waals surface area contributed by atoms with Crippen molar-refractivity contribution < 1.29 is 0 Å². The average molecular weight is 404 g/mol. The number of hydrogen-bond acceptors (Lipinski definition) is 1. The van der Waals surface area contributed by atoms with Gasteiger partial charge in [-0.25, -0.2) is 0 Å². The van der Waals surface area contributed by atoms with Gasteiger partial charge in [0.15, 0.2) is 0 Å². The van der Waals surface area contributed by atoms with Crippen molar-refractivity contribution in [1.29, 1.82) is 0 Å². The summed E-state index contributed by atoms with van der Waals surface area (Å²) in [5.41, 5.74) is 3.56. The molecular weight excluding hydrogens is 389 g/mol. The van der Waals surface area contributed by atoms with Gasteiger partial charge in [-0.05, 0) is 29.8 Å². The van der Waals surface area contributed by atoms with Crippen LogP contribution in [0.15, 0.2) is 46.9 Å². The lowest BCUT2D eigenvalue weighted by molar-refractivity contribution is 0.916. The third kappa shape index (κ3) is 3.74. The molecule has 1 nitrogen and oxygen atoms in total. The van der Waals surface area contributed by atoms with Gasteiger partial charge in [-0.15, -0.1) is 0 Å². The van der Waals surface area contributed by atoms with Crippen molar-refractivity contribution in [3.63, 3.8) is 0 Å². The predicted molar refractivity (Wildman–Crippen MR) is 90.3 cm³/mol. The first kappa shape index (κ1) is 14.9. The van der Waals surface area contributed by atoms with Crippen LogP contribution in [0.1, 0.15) is 11.1 Å². The normalized spacial score (nSPS) is 10.5. The van der Waals surface area contributed by atoms with E-state index in [-0.39, 0.29) is 0 Å². The first-order valence-corrected chi connectivity index (χ1v) is 8.20. The molecule has 0 fully saturated rings. The maximum Gasteiger partial charge on any atom is 0.0467 e. The van der Waals surface area contributed by atoms with Crippen LogP contribution in [-0.4, -0.2) is 7.05 Å². The van der Waals surface area contributed by atoms with Gasteiger partial charge in [0.25, 0.3) is 0 Å². The van der Waals surface area contributed by atoms with Gasteiger partial charge >= 0.3 is 0 Å². The lowest BCUT2D eigenvalue weighted by Gasteiger charge is -2.22. The number of hydrogen-bond donors (Lipinski definition) is 0. The van der Waals surface area contributed by atoms with Gasteiger partial charge in [-0.2, -0.15) is 0 Å². The Kier molecular flexibility index (Phi) is 5.31. The van der Waals surface area contributed by atoms with E-state index in [9.17, 15) is 0 Å². The largest absolute Gasteiger partial charge is 0.370 e. The zero-order valence-corrected chi connectivity index (χ0v) is 14.5. The summed E-state index contributed by atoms with van der Waals surface area (Å²) in [4.78, 5) is 2.21. The van der Waals surface area contributed by atoms with Crippen LogP contribution in [0.3, 0.4) is 0 Å². The lowest BCUT2D eigenvalue weighted by atomic mass is 10.1. The summed E-state index contributed by atoms with van der Waals surface area (Å²) in [6.45, 7) is 0.855. The highest BCUT2D eigenvalue weighted by Gasteiger charge is 2.10. The van der Waals surface area contributed by atoms with E-state index in [1.807, 2.05) is 12.1 Å². The van der Waals surface area contributed by atoms with E-state index < -0.39 is 0 Å². The molecule has 4 heteroatoms. The summed E-state index contributed by atoms with van der Waals surface area (Å²) in [6.07, 6.45) is 0. The fourth-order valence-electron chi connectivity index (χ4n) is 1.99. The summed E-state index contributed by atoms with van der Waals surface area (Å²) < 4.78 is 1.10. The molecule has 0 atom stereocenters. The highest BCUT2D eigenvalue weighted by molar-refractivity contribution is 9.10. The topological polar surface area (TPSA) is 3.24 Å². The van der Waals surface area contributed by atoms with Gasteiger partial charge in [-0.1, -0.05) is 61.7 Å². The Balaban J connectivity index is 2.22. The molecule has 2 rings (SSSR count). The maximum atomic E-state index is 6.23. The van der Waals surface area contributed by atoms with E-state index in [2.05, 4.69) is 74.1 Å². The molecule has 0 aliphatic heterocycles. The van der Waals surface area contributed by atoms with Crippen LogP contribution in [-0.2, 0) is 11.9 Å². The van der Waals surface area contributed by atoms with Crippen molar-refractivity contribution in [3.05, 3.63) is 63.1 Å². The number of nitrogens with zero attached hydrogens (tertiary/aromatic N) is 1. The minimum absolute atomic E-state index is 0.757. The van der Waals surface area contributed by atoms with Crippen LogP contribution < -0.4 is 4.90 Å². The zero-order valence-electron chi connectivity index (χ0n) is 10.5. The second-order valence-corrected chi connectivity index (χ2v) is 6.24. The van der Waals surface area contributed by atoms with E-state index in [1.165, 1.54) is 5.56 Å². The van der Waals surface area contributed by atoms with Crippen LogP contribution in [0, 0.1) is 0 Å². The molecule has 0 heterocycles. The Bertz CT molecular complexity index is 555. The minimum atomic E-state index is 0.757. The third-order valence-electron chi connectivity index (χ3n) is 2.97. The van der Waals surface area contributed by atoms with E-state index in [1.54, 1.807) is 0 Å². The van der Waals surface area contributed by atoms with E-state index in [0.29, 0.717) is 0 Å². The summed E-state index contributed by atoms with van der Waals surface area (Å²) >= 11 is 13.2. The molecule has 0 spiro atoms. The fraction of sp³-hybridized carbons (Fsp3) is 0.200. The summed E-state index contributed by atoms with van der Waals surface area (Å²) in [5, 5.41) is 1.56. The van der Waals surface area contributed by atoms with E-state index >= 15 is 0 Å². The SMILES string of the molecule is CN(Cc1ccc(Br)cc1)c1cccc(Cl)c1CBr. The lowest BCUT2D eigenvalue weighted by Crippen LogP contribution is -2.17. The number of alkyl halides is 1. The molecule has 0 N–H and O–H groups in total. The van der Waals surface area contributed by atoms with Crippen molar-refractivity contribution in [3.8, 4) is 0 Å². The van der Waals surface area contributed by atoms with Crippen LogP contribution >= 0.6 is 43.5 Å². The molecule has 100 valence electrons. The van der Waals surface area contributed by atoms with Crippen molar-refractivity contribution in [2.24, 2.45) is 0 Å². The van der Waals surface area contributed by atoms with Gasteiger partial charge in [0.1, 0.15) is 0 Å². The van der Waals surface area contributed by atoms with Crippen LogP contribution in [0.25, 0.3) is 0 Å². The second kappa shape index (κ2) is 6.78. The molecule has 0 bridgehead atoms. The number of halogens is 3. The number of anilines is 1. The Hall–Kier alpha value is -0.510. The fourth-order valence-corrected chi connectivity index (χ4v) is 3.24. The number of rotatable bonds is 4. The molecule has 0 saturated carbocycles. The molecule has 0 unspecified atom stereocenters. The van der Waals surface area contributed by atoms with Crippen LogP contribution in [0.4, 0.5) is 5.69 Å². The van der Waals surface area contributed by atoms with Crippen LogP contribution in [0.2, 0.25) is 5.02 Å². The predicted octanol–water partition coefficient (Wildman–Crippen LogP) is 5.63. The highest BCUT2D eigenvalue weighted by Crippen LogP contribution is 2.29. The first-order valence-electron chi connectivity index (χ1n) is 5.90. The molecule has 0 aromatic heterocycles. The molecule has 0 aliphatic carbocycles. The highest BCUT2D eigenvalue weighted by atomic mass is 79.9. The minimum Gasteiger partial charge on any atom is -0.370 e. The van der Waals surface area contributed by atoms with Gasteiger partial charge < -0.3 is 4.90 Å². The van der Waals surface area contributed by atoms with Gasteiger partial charge in [0.05, 0.1) is 0 Å². The molecule has 0 saturated heterocycles. The Morgan fingerprint density at radius 1 is 1.11 bits per heavy atom. The molecule has 0 radical (unpaired) electrons. The number of benzene rings is 2. The van der Waals surface area contributed by atoms with Crippen molar-refractivity contribution in [2.45, 2.75) is 11.9 Å². The maximum absolute atomic E-state index is 6.23. The summed E-state index contributed by atoms with van der Waals surface area (Å²) in [6, 6.07) is 14.4.